The number of methoxy groups -OCH3 is 1. The van der Waals surface area contributed by atoms with E-state index >= 15 is 0 Å². The van der Waals surface area contributed by atoms with Crippen molar-refractivity contribution in [1.82, 2.24) is 10.2 Å². The van der Waals surface area contributed by atoms with E-state index < -0.39 is 0 Å². The van der Waals surface area contributed by atoms with Crippen LogP contribution in [0.3, 0.4) is 0 Å². The molecule has 0 bridgehead atoms. The van der Waals surface area contributed by atoms with Crippen molar-refractivity contribution in [3.63, 3.8) is 0 Å². The Morgan fingerprint density at radius 1 is 1.57 bits per heavy atom. The first-order valence-electron chi connectivity index (χ1n) is 7.11. The first-order valence-corrected chi connectivity index (χ1v) is 7.90. The molecule has 0 aliphatic carbocycles. The number of halogens is 1. The highest BCUT2D eigenvalue weighted by atomic mass is 79.9. The van der Waals surface area contributed by atoms with Crippen LogP contribution >= 0.6 is 15.9 Å². The fourth-order valence-electron chi connectivity index (χ4n) is 2.92. The molecule has 0 radical (unpaired) electrons. The summed E-state index contributed by atoms with van der Waals surface area (Å²) in [6.45, 7) is 3.72. The molecule has 1 aromatic rings. The Labute approximate surface area is 134 Å². The summed E-state index contributed by atoms with van der Waals surface area (Å²) in [7, 11) is 1.38. The predicted molar refractivity (Wildman–Crippen MR) is 86.1 cm³/mol. The second-order valence-electron chi connectivity index (χ2n) is 5.48. The Hall–Kier alpha value is -1.11. The highest BCUT2D eigenvalue weighted by Crippen LogP contribution is 2.29. The van der Waals surface area contributed by atoms with Gasteiger partial charge in [-0.3, -0.25) is 4.90 Å². The summed E-state index contributed by atoms with van der Waals surface area (Å²) >= 11 is 3.51. The molecule has 1 saturated heterocycles. The maximum atomic E-state index is 11.3. The Morgan fingerprint density at radius 2 is 2.33 bits per heavy atom. The van der Waals surface area contributed by atoms with Gasteiger partial charge >= 0.3 is 6.09 Å². The normalized spacial score (nSPS) is 21.8. The maximum Gasteiger partial charge on any atom is 0.407 e. The van der Waals surface area contributed by atoms with Gasteiger partial charge in [-0.15, -0.1) is 0 Å². The van der Waals surface area contributed by atoms with Gasteiger partial charge in [0.05, 0.1) is 7.11 Å². The van der Waals surface area contributed by atoms with E-state index in [1.807, 2.05) is 19.1 Å². The molecule has 6 heteroatoms. The van der Waals surface area contributed by atoms with Gasteiger partial charge in [-0.25, -0.2) is 4.79 Å². The van der Waals surface area contributed by atoms with Crippen molar-refractivity contribution < 1.29 is 9.53 Å². The molecule has 1 amide bonds. The topological polar surface area (TPSA) is 67.6 Å². The predicted octanol–water partition coefficient (Wildman–Crippen LogP) is 2.27. The molecule has 0 saturated carbocycles. The lowest BCUT2D eigenvalue weighted by atomic mass is 9.99. The van der Waals surface area contributed by atoms with E-state index in [9.17, 15) is 4.79 Å². The van der Waals surface area contributed by atoms with Crippen LogP contribution < -0.4 is 11.1 Å². The number of nitrogens with two attached hydrogens (primary N) is 1. The SMILES string of the molecule is COC(=O)NC1CCN(C(c2cccc(Br)c2)C(C)N)C1. The Bertz CT molecular complexity index is 496. The van der Waals surface area contributed by atoms with Crippen molar-refractivity contribution in [2.45, 2.75) is 31.5 Å². The molecule has 1 aliphatic rings. The average molecular weight is 356 g/mol. The minimum absolute atomic E-state index is 0.0103. The van der Waals surface area contributed by atoms with Crippen LogP contribution in [-0.2, 0) is 4.74 Å². The molecule has 2 rings (SSSR count). The van der Waals surface area contributed by atoms with Crippen molar-refractivity contribution in [3.8, 4) is 0 Å². The first kappa shape index (κ1) is 16.3. The van der Waals surface area contributed by atoms with E-state index in [-0.39, 0.29) is 24.2 Å². The summed E-state index contributed by atoms with van der Waals surface area (Å²) < 4.78 is 5.71. The number of benzene rings is 1. The molecular weight excluding hydrogens is 334 g/mol. The van der Waals surface area contributed by atoms with E-state index in [4.69, 9.17) is 5.73 Å². The van der Waals surface area contributed by atoms with Gasteiger partial charge < -0.3 is 15.8 Å². The van der Waals surface area contributed by atoms with E-state index in [0.29, 0.717) is 0 Å². The van der Waals surface area contributed by atoms with Crippen LogP contribution in [0.4, 0.5) is 4.79 Å². The van der Waals surface area contributed by atoms with Crippen LogP contribution in [0, 0.1) is 0 Å². The lowest BCUT2D eigenvalue weighted by Gasteiger charge is -2.31. The monoisotopic (exact) mass is 355 g/mol. The Morgan fingerprint density at radius 3 is 2.95 bits per heavy atom. The summed E-state index contributed by atoms with van der Waals surface area (Å²) in [5.74, 6) is 0. The second-order valence-corrected chi connectivity index (χ2v) is 6.39. The minimum Gasteiger partial charge on any atom is -0.453 e. The number of nitrogens with zero attached hydrogens (tertiary/aromatic N) is 1. The number of rotatable bonds is 4. The molecule has 1 fully saturated rings. The van der Waals surface area contributed by atoms with Gasteiger partial charge in [0.2, 0.25) is 0 Å². The maximum absolute atomic E-state index is 11.3. The van der Waals surface area contributed by atoms with Crippen molar-refractivity contribution in [3.05, 3.63) is 34.3 Å². The van der Waals surface area contributed by atoms with Gasteiger partial charge in [0, 0.05) is 35.7 Å². The van der Waals surface area contributed by atoms with Crippen molar-refractivity contribution in [2.75, 3.05) is 20.2 Å². The van der Waals surface area contributed by atoms with Crippen LogP contribution in [0.2, 0.25) is 0 Å². The molecule has 0 spiro atoms. The molecule has 1 aromatic carbocycles. The van der Waals surface area contributed by atoms with Gasteiger partial charge in [-0.2, -0.15) is 0 Å². The lowest BCUT2D eigenvalue weighted by Crippen LogP contribution is -2.41. The molecule has 1 aliphatic heterocycles. The third-order valence-electron chi connectivity index (χ3n) is 3.81. The molecule has 116 valence electrons. The molecule has 0 aromatic heterocycles. The number of carbonyl (C=O) groups is 1. The number of likely N-dealkylation sites (tertiary alicyclic amines) is 1. The average Bonchev–Trinajstić information content (AvgIpc) is 2.86. The number of amides is 1. The van der Waals surface area contributed by atoms with Crippen molar-refractivity contribution in [2.24, 2.45) is 5.73 Å². The summed E-state index contributed by atoms with van der Waals surface area (Å²) in [5, 5.41) is 2.86. The van der Waals surface area contributed by atoms with Crippen LogP contribution in [-0.4, -0.2) is 43.3 Å². The number of alkyl carbamates (subject to hydrolysis) is 1. The first-order chi connectivity index (χ1) is 10.0. The van der Waals surface area contributed by atoms with Crippen molar-refractivity contribution in [1.29, 1.82) is 0 Å². The van der Waals surface area contributed by atoms with E-state index in [1.54, 1.807) is 0 Å². The summed E-state index contributed by atoms with van der Waals surface area (Å²) in [5.41, 5.74) is 7.40. The second kappa shape index (κ2) is 7.24. The zero-order chi connectivity index (χ0) is 15.4. The van der Waals surface area contributed by atoms with Crippen molar-refractivity contribution >= 4 is 22.0 Å². The molecular formula is C15H22BrN3O2. The number of ether oxygens (including phenoxy) is 1. The highest BCUT2D eigenvalue weighted by molar-refractivity contribution is 9.10. The third-order valence-corrected chi connectivity index (χ3v) is 4.30. The summed E-state index contributed by atoms with van der Waals surface area (Å²) in [6, 6.07) is 8.51. The number of hydrogen-bond acceptors (Lipinski definition) is 4. The van der Waals surface area contributed by atoms with Crippen LogP contribution in [0.15, 0.2) is 28.7 Å². The quantitative estimate of drug-likeness (QED) is 0.869. The largest absolute Gasteiger partial charge is 0.453 e. The van der Waals surface area contributed by atoms with Gasteiger partial charge in [0.1, 0.15) is 0 Å². The fourth-order valence-corrected chi connectivity index (χ4v) is 3.34. The van der Waals surface area contributed by atoms with Crippen LogP contribution in [0.25, 0.3) is 0 Å². The molecule has 5 nitrogen and oxygen atoms in total. The minimum atomic E-state index is -0.373. The fraction of sp³-hybridized carbons (Fsp3) is 0.533. The van der Waals surface area contributed by atoms with Crippen LogP contribution in [0.1, 0.15) is 24.9 Å². The highest BCUT2D eigenvalue weighted by Gasteiger charge is 2.32. The number of carbonyl (C=O) groups excluding carboxylic acids is 1. The summed E-state index contributed by atoms with van der Waals surface area (Å²) in [6.07, 6.45) is 0.536. The molecule has 3 unspecified atom stereocenters. The molecule has 3 atom stereocenters. The smallest absolute Gasteiger partial charge is 0.407 e. The van der Waals surface area contributed by atoms with E-state index in [0.717, 1.165) is 24.0 Å². The van der Waals surface area contributed by atoms with Gasteiger partial charge in [-0.05, 0) is 31.0 Å². The molecule has 21 heavy (non-hydrogen) atoms. The Balaban J connectivity index is 2.08. The zero-order valence-corrected chi connectivity index (χ0v) is 14.0. The standard InChI is InChI=1S/C15H22BrN3O2/c1-10(17)14(11-4-3-5-12(16)8-11)19-7-6-13(9-19)18-15(20)21-2/h3-5,8,10,13-14H,6-7,9,17H2,1-2H3,(H,18,20). The summed E-state index contributed by atoms with van der Waals surface area (Å²) in [4.78, 5) is 13.6. The number of hydrogen-bond donors (Lipinski definition) is 2. The van der Waals surface area contributed by atoms with Crippen LogP contribution in [0.5, 0.6) is 0 Å². The molecule has 3 N–H and O–H groups in total. The molecule has 1 heterocycles. The van der Waals surface area contributed by atoms with Gasteiger partial charge in [0.15, 0.2) is 0 Å². The van der Waals surface area contributed by atoms with E-state index in [1.165, 1.54) is 12.7 Å². The lowest BCUT2D eigenvalue weighted by molar-refractivity contribution is 0.164. The Kier molecular flexibility index (Phi) is 5.61. The number of nitrogens with one attached hydrogen (secondary N) is 1. The van der Waals surface area contributed by atoms with Gasteiger partial charge in [-0.1, -0.05) is 28.1 Å². The third kappa shape index (κ3) is 4.18. The zero-order valence-electron chi connectivity index (χ0n) is 12.4. The van der Waals surface area contributed by atoms with E-state index in [2.05, 4.69) is 43.0 Å². The van der Waals surface area contributed by atoms with Gasteiger partial charge in [0.25, 0.3) is 0 Å².